The van der Waals surface area contributed by atoms with Gasteiger partial charge in [-0.3, -0.25) is 0 Å². The first-order valence-corrected chi connectivity index (χ1v) is 5.90. The second kappa shape index (κ2) is 5.01. The summed E-state index contributed by atoms with van der Waals surface area (Å²) in [4.78, 5) is 6.60. The molecular weight excluding hydrogens is 198 g/mol. The summed E-state index contributed by atoms with van der Waals surface area (Å²) < 4.78 is 0. The zero-order valence-electron chi connectivity index (χ0n) is 9.76. The van der Waals surface area contributed by atoms with Gasteiger partial charge in [0.15, 0.2) is 5.96 Å². The molecule has 2 rings (SSSR count). The zero-order valence-corrected chi connectivity index (χ0v) is 9.76. The van der Waals surface area contributed by atoms with E-state index in [4.69, 9.17) is 5.73 Å². The third-order valence-electron chi connectivity index (χ3n) is 3.11. The maximum absolute atomic E-state index is 6.00. The van der Waals surface area contributed by atoms with Gasteiger partial charge in [-0.25, -0.2) is 4.99 Å². The van der Waals surface area contributed by atoms with Gasteiger partial charge >= 0.3 is 0 Å². The number of rotatable bonds is 1. The van der Waals surface area contributed by atoms with Crippen LogP contribution in [0.25, 0.3) is 0 Å². The third kappa shape index (κ3) is 2.75. The van der Waals surface area contributed by atoms with Crippen molar-refractivity contribution in [2.45, 2.75) is 19.8 Å². The second-order valence-corrected chi connectivity index (χ2v) is 4.48. The van der Waals surface area contributed by atoms with Crippen molar-refractivity contribution in [1.29, 1.82) is 0 Å². The summed E-state index contributed by atoms with van der Waals surface area (Å²) in [6.07, 6.45) is 2.43. The van der Waals surface area contributed by atoms with Gasteiger partial charge in [-0.2, -0.15) is 0 Å². The van der Waals surface area contributed by atoms with Crippen molar-refractivity contribution < 1.29 is 0 Å². The van der Waals surface area contributed by atoms with Gasteiger partial charge in [0.1, 0.15) is 0 Å². The molecule has 0 aliphatic carbocycles. The van der Waals surface area contributed by atoms with Gasteiger partial charge in [0.25, 0.3) is 0 Å². The molecular formula is C13H19N3. The number of nitrogens with two attached hydrogens (primary N) is 1. The fourth-order valence-electron chi connectivity index (χ4n) is 1.94. The fourth-order valence-corrected chi connectivity index (χ4v) is 1.94. The van der Waals surface area contributed by atoms with Crippen LogP contribution in [0.4, 0.5) is 5.69 Å². The van der Waals surface area contributed by atoms with E-state index in [1.54, 1.807) is 0 Å². The topological polar surface area (TPSA) is 41.6 Å². The van der Waals surface area contributed by atoms with E-state index in [1.165, 1.54) is 12.8 Å². The lowest BCUT2D eigenvalue weighted by Crippen LogP contribution is -2.42. The van der Waals surface area contributed by atoms with Crippen LogP contribution in [0.1, 0.15) is 19.8 Å². The largest absolute Gasteiger partial charge is 0.369 e. The van der Waals surface area contributed by atoms with E-state index in [9.17, 15) is 0 Å². The Bertz CT molecular complexity index is 351. The molecule has 1 aromatic rings. The summed E-state index contributed by atoms with van der Waals surface area (Å²) in [6.45, 7) is 4.36. The number of likely N-dealkylation sites (tertiary alicyclic amines) is 1. The minimum absolute atomic E-state index is 0.651. The minimum atomic E-state index is 0.651. The highest BCUT2D eigenvalue weighted by atomic mass is 15.3. The molecule has 2 N–H and O–H groups in total. The summed E-state index contributed by atoms with van der Waals surface area (Å²) >= 11 is 0. The predicted octanol–water partition coefficient (Wildman–Crippen LogP) is 2.36. The lowest BCUT2D eigenvalue weighted by Gasteiger charge is -2.30. The normalized spacial score (nSPS) is 18.8. The van der Waals surface area contributed by atoms with Gasteiger partial charge in [-0.1, -0.05) is 25.1 Å². The summed E-state index contributed by atoms with van der Waals surface area (Å²) in [7, 11) is 0. The molecule has 1 heterocycles. The van der Waals surface area contributed by atoms with E-state index < -0.39 is 0 Å². The van der Waals surface area contributed by atoms with Crippen molar-refractivity contribution in [2.24, 2.45) is 16.6 Å². The first-order valence-electron chi connectivity index (χ1n) is 5.90. The van der Waals surface area contributed by atoms with E-state index in [0.717, 1.165) is 24.7 Å². The molecule has 3 heteroatoms. The molecule has 0 atom stereocenters. The molecule has 1 saturated heterocycles. The maximum atomic E-state index is 6.00. The third-order valence-corrected chi connectivity index (χ3v) is 3.11. The molecule has 1 fully saturated rings. The van der Waals surface area contributed by atoms with Crippen LogP contribution in [0.15, 0.2) is 35.3 Å². The second-order valence-electron chi connectivity index (χ2n) is 4.48. The van der Waals surface area contributed by atoms with Crippen LogP contribution >= 0.6 is 0 Å². The van der Waals surface area contributed by atoms with E-state index >= 15 is 0 Å². The molecule has 0 saturated carbocycles. The van der Waals surface area contributed by atoms with Gasteiger partial charge in [0.2, 0.25) is 0 Å². The average molecular weight is 217 g/mol. The molecule has 1 aliphatic rings. The van der Waals surface area contributed by atoms with Crippen LogP contribution in [0, 0.1) is 5.92 Å². The van der Waals surface area contributed by atoms with E-state index in [1.807, 2.05) is 30.3 Å². The molecule has 1 aromatic carbocycles. The van der Waals surface area contributed by atoms with Crippen molar-refractivity contribution >= 4 is 11.6 Å². The predicted molar refractivity (Wildman–Crippen MR) is 67.7 cm³/mol. The Morgan fingerprint density at radius 3 is 2.50 bits per heavy atom. The Morgan fingerprint density at radius 1 is 1.25 bits per heavy atom. The molecule has 16 heavy (non-hydrogen) atoms. The highest BCUT2D eigenvalue weighted by Crippen LogP contribution is 2.17. The number of guanidine groups is 1. The zero-order chi connectivity index (χ0) is 11.4. The van der Waals surface area contributed by atoms with Crippen molar-refractivity contribution in [3.05, 3.63) is 30.3 Å². The molecule has 0 unspecified atom stereocenters. The molecule has 86 valence electrons. The standard InChI is InChI=1S/C13H19N3/c1-11-7-9-16(10-8-11)13(14)15-12-5-3-2-4-6-12/h2-6,11H,7-10H2,1H3,(H2,14,15). The number of hydrogen-bond acceptors (Lipinski definition) is 1. The number of benzene rings is 1. The Hall–Kier alpha value is -1.51. The molecule has 0 amide bonds. The number of nitrogens with zero attached hydrogens (tertiary/aromatic N) is 2. The summed E-state index contributed by atoms with van der Waals surface area (Å²) in [5.74, 6) is 1.47. The van der Waals surface area contributed by atoms with Gasteiger partial charge in [-0.05, 0) is 30.9 Å². The smallest absolute Gasteiger partial charge is 0.196 e. The van der Waals surface area contributed by atoms with Gasteiger partial charge < -0.3 is 10.6 Å². The molecule has 0 bridgehead atoms. The van der Waals surface area contributed by atoms with Crippen molar-refractivity contribution in [3.8, 4) is 0 Å². The van der Waals surface area contributed by atoms with Crippen molar-refractivity contribution in [2.75, 3.05) is 13.1 Å². The highest BCUT2D eigenvalue weighted by molar-refractivity contribution is 5.81. The number of piperidine rings is 1. The lowest BCUT2D eigenvalue weighted by atomic mass is 10.00. The summed E-state index contributed by atoms with van der Waals surface area (Å²) in [5.41, 5.74) is 6.93. The van der Waals surface area contributed by atoms with E-state index in [0.29, 0.717) is 5.96 Å². The van der Waals surface area contributed by atoms with Crippen LogP contribution in [0.3, 0.4) is 0 Å². The monoisotopic (exact) mass is 217 g/mol. The Kier molecular flexibility index (Phi) is 3.44. The van der Waals surface area contributed by atoms with Crippen molar-refractivity contribution in [1.82, 2.24) is 4.90 Å². The van der Waals surface area contributed by atoms with Gasteiger partial charge in [0.05, 0.1) is 5.69 Å². The number of hydrogen-bond donors (Lipinski definition) is 1. The Labute approximate surface area is 97.0 Å². The first kappa shape index (κ1) is 11.0. The molecule has 0 radical (unpaired) electrons. The van der Waals surface area contributed by atoms with E-state index in [-0.39, 0.29) is 0 Å². The molecule has 3 nitrogen and oxygen atoms in total. The van der Waals surface area contributed by atoms with Crippen LogP contribution in [-0.4, -0.2) is 23.9 Å². The minimum Gasteiger partial charge on any atom is -0.369 e. The van der Waals surface area contributed by atoms with Crippen LogP contribution in [-0.2, 0) is 0 Å². The fraction of sp³-hybridized carbons (Fsp3) is 0.462. The van der Waals surface area contributed by atoms with Crippen LogP contribution in [0.2, 0.25) is 0 Å². The molecule has 0 aromatic heterocycles. The van der Waals surface area contributed by atoms with Crippen LogP contribution in [0.5, 0.6) is 0 Å². The quantitative estimate of drug-likeness (QED) is 0.579. The number of para-hydroxylation sites is 1. The van der Waals surface area contributed by atoms with E-state index in [2.05, 4.69) is 16.8 Å². The molecule has 0 spiro atoms. The van der Waals surface area contributed by atoms with Crippen molar-refractivity contribution in [3.63, 3.8) is 0 Å². The SMILES string of the molecule is CC1CCN(C(N)=Nc2ccccc2)CC1. The Balaban J connectivity index is 2.02. The Morgan fingerprint density at radius 2 is 1.88 bits per heavy atom. The number of aliphatic imine (C=N–C) groups is 1. The maximum Gasteiger partial charge on any atom is 0.196 e. The average Bonchev–Trinajstić information content (AvgIpc) is 2.31. The van der Waals surface area contributed by atoms with Crippen LogP contribution < -0.4 is 5.73 Å². The van der Waals surface area contributed by atoms with Gasteiger partial charge in [-0.15, -0.1) is 0 Å². The molecule has 1 aliphatic heterocycles. The van der Waals surface area contributed by atoms with Gasteiger partial charge in [0, 0.05) is 13.1 Å². The summed E-state index contributed by atoms with van der Waals surface area (Å²) in [6, 6.07) is 9.88. The first-order chi connectivity index (χ1) is 7.75. The lowest BCUT2D eigenvalue weighted by molar-refractivity contribution is 0.278. The highest BCUT2D eigenvalue weighted by Gasteiger charge is 2.16. The summed E-state index contributed by atoms with van der Waals surface area (Å²) in [5, 5.41) is 0.